The SMILES string of the molecule is Cc1ccc(C(C)(O)Cc2nnn(C)n2)cc1C. The Morgan fingerprint density at radius 2 is 2.00 bits per heavy atom. The van der Waals surface area contributed by atoms with Gasteiger partial charge >= 0.3 is 0 Å². The number of rotatable bonds is 3. The first-order valence-electron chi connectivity index (χ1n) is 5.91. The van der Waals surface area contributed by atoms with Crippen LogP contribution in [0.4, 0.5) is 0 Å². The Morgan fingerprint density at radius 3 is 2.56 bits per heavy atom. The monoisotopic (exact) mass is 246 g/mol. The maximum Gasteiger partial charge on any atom is 0.178 e. The van der Waals surface area contributed by atoms with Crippen LogP contribution in [0.3, 0.4) is 0 Å². The Balaban J connectivity index is 2.26. The maximum atomic E-state index is 10.5. The summed E-state index contributed by atoms with van der Waals surface area (Å²) in [5.74, 6) is 0.542. The highest BCUT2D eigenvalue weighted by atomic mass is 16.3. The third-order valence-corrected chi connectivity index (χ3v) is 3.18. The van der Waals surface area contributed by atoms with Gasteiger partial charge in [0.15, 0.2) is 5.82 Å². The number of aromatic nitrogens is 4. The molecule has 0 saturated carbocycles. The van der Waals surface area contributed by atoms with E-state index >= 15 is 0 Å². The normalized spacial score (nSPS) is 14.5. The van der Waals surface area contributed by atoms with Crippen molar-refractivity contribution in [2.24, 2.45) is 7.05 Å². The van der Waals surface area contributed by atoms with Crippen molar-refractivity contribution in [3.05, 3.63) is 40.7 Å². The van der Waals surface area contributed by atoms with E-state index in [0.29, 0.717) is 12.2 Å². The van der Waals surface area contributed by atoms with E-state index in [1.807, 2.05) is 25.1 Å². The summed E-state index contributed by atoms with van der Waals surface area (Å²) < 4.78 is 0. The number of tetrazole rings is 1. The molecule has 0 amide bonds. The van der Waals surface area contributed by atoms with Crippen LogP contribution in [0.25, 0.3) is 0 Å². The van der Waals surface area contributed by atoms with Crippen molar-refractivity contribution >= 4 is 0 Å². The molecule has 0 saturated heterocycles. The molecule has 5 nitrogen and oxygen atoms in total. The van der Waals surface area contributed by atoms with Crippen LogP contribution < -0.4 is 0 Å². The fraction of sp³-hybridized carbons (Fsp3) is 0.462. The molecule has 0 radical (unpaired) electrons. The average molecular weight is 246 g/mol. The lowest BCUT2D eigenvalue weighted by Gasteiger charge is -2.23. The van der Waals surface area contributed by atoms with Crippen molar-refractivity contribution in [3.8, 4) is 0 Å². The third kappa shape index (κ3) is 2.56. The van der Waals surface area contributed by atoms with Crippen LogP contribution in [-0.2, 0) is 19.1 Å². The fourth-order valence-corrected chi connectivity index (χ4v) is 1.88. The zero-order valence-electron chi connectivity index (χ0n) is 11.2. The van der Waals surface area contributed by atoms with Crippen LogP contribution in [0.2, 0.25) is 0 Å². The lowest BCUT2D eigenvalue weighted by molar-refractivity contribution is 0.0553. The van der Waals surface area contributed by atoms with Gasteiger partial charge in [0.1, 0.15) is 0 Å². The molecule has 5 heteroatoms. The molecule has 0 bridgehead atoms. The molecule has 0 aliphatic carbocycles. The van der Waals surface area contributed by atoms with Crippen molar-refractivity contribution in [1.29, 1.82) is 0 Å². The van der Waals surface area contributed by atoms with Crippen LogP contribution in [0.5, 0.6) is 0 Å². The van der Waals surface area contributed by atoms with Crippen molar-refractivity contribution in [2.75, 3.05) is 0 Å². The van der Waals surface area contributed by atoms with Crippen molar-refractivity contribution in [3.63, 3.8) is 0 Å². The van der Waals surface area contributed by atoms with E-state index < -0.39 is 5.60 Å². The minimum atomic E-state index is -0.985. The summed E-state index contributed by atoms with van der Waals surface area (Å²) in [5.41, 5.74) is 2.27. The number of aliphatic hydroxyl groups is 1. The summed E-state index contributed by atoms with van der Waals surface area (Å²) in [5, 5.41) is 22.3. The largest absolute Gasteiger partial charge is 0.385 e. The predicted octanol–water partition coefficient (Wildman–Crippen LogP) is 1.28. The Hall–Kier alpha value is -1.75. The average Bonchev–Trinajstić information content (AvgIpc) is 2.67. The molecule has 0 aliphatic rings. The van der Waals surface area contributed by atoms with Crippen LogP contribution in [0, 0.1) is 13.8 Å². The van der Waals surface area contributed by atoms with E-state index in [4.69, 9.17) is 0 Å². The van der Waals surface area contributed by atoms with Gasteiger partial charge in [0.05, 0.1) is 12.6 Å². The first kappa shape index (κ1) is 12.7. The van der Waals surface area contributed by atoms with Gasteiger partial charge in [-0.15, -0.1) is 10.2 Å². The summed E-state index contributed by atoms with van der Waals surface area (Å²) in [7, 11) is 1.71. The second-order valence-electron chi connectivity index (χ2n) is 4.94. The maximum absolute atomic E-state index is 10.5. The van der Waals surface area contributed by atoms with E-state index in [0.717, 1.165) is 5.56 Å². The molecule has 0 aliphatic heterocycles. The molecule has 0 fully saturated rings. The van der Waals surface area contributed by atoms with E-state index in [1.54, 1.807) is 14.0 Å². The number of hydrogen-bond donors (Lipinski definition) is 1. The van der Waals surface area contributed by atoms with Gasteiger partial charge in [0.2, 0.25) is 0 Å². The van der Waals surface area contributed by atoms with Crippen LogP contribution in [-0.4, -0.2) is 25.3 Å². The summed E-state index contributed by atoms with van der Waals surface area (Å²) in [6, 6.07) is 5.97. The van der Waals surface area contributed by atoms with Gasteiger partial charge in [-0.3, -0.25) is 0 Å². The Kier molecular flexibility index (Phi) is 3.17. The van der Waals surface area contributed by atoms with Crippen LogP contribution >= 0.6 is 0 Å². The smallest absolute Gasteiger partial charge is 0.178 e. The standard InChI is InChI=1S/C13H18N4O/c1-9-5-6-11(7-10(9)2)13(3,18)8-12-14-16-17(4)15-12/h5-7,18H,8H2,1-4H3. The highest BCUT2D eigenvalue weighted by Crippen LogP contribution is 2.25. The topological polar surface area (TPSA) is 63.8 Å². The van der Waals surface area contributed by atoms with Gasteiger partial charge in [0.25, 0.3) is 0 Å². The van der Waals surface area contributed by atoms with Crippen LogP contribution in [0.15, 0.2) is 18.2 Å². The lowest BCUT2D eigenvalue weighted by atomic mass is 9.90. The van der Waals surface area contributed by atoms with E-state index in [-0.39, 0.29) is 0 Å². The molecule has 96 valence electrons. The molecule has 1 aromatic heterocycles. The van der Waals surface area contributed by atoms with Crippen molar-refractivity contribution in [1.82, 2.24) is 20.2 Å². The molecule has 1 unspecified atom stereocenters. The molecule has 1 atom stereocenters. The fourth-order valence-electron chi connectivity index (χ4n) is 1.88. The van der Waals surface area contributed by atoms with E-state index in [2.05, 4.69) is 22.3 Å². The molecule has 18 heavy (non-hydrogen) atoms. The predicted molar refractivity (Wildman–Crippen MR) is 68.0 cm³/mol. The minimum absolute atomic E-state index is 0.351. The number of aryl methyl sites for hydroxylation is 3. The molecule has 1 aromatic carbocycles. The number of benzene rings is 1. The summed E-state index contributed by atoms with van der Waals surface area (Å²) in [4.78, 5) is 1.39. The highest BCUT2D eigenvalue weighted by Gasteiger charge is 2.26. The first-order valence-corrected chi connectivity index (χ1v) is 5.91. The first-order chi connectivity index (χ1) is 8.38. The van der Waals surface area contributed by atoms with Crippen molar-refractivity contribution in [2.45, 2.75) is 32.8 Å². The molecular formula is C13H18N4O. The van der Waals surface area contributed by atoms with E-state index in [1.165, 1.54) is 15.9 Å². The number of hydrogen-bond acceptors (Lipinski definition) is 4. The second kappa shape index (κ2) is 4.49. The quantitative estimate of drug-likeness (QED) is 0.886. The minimum Gasteiger partial charge on any atom is -0.385 e. The van der Waals surface area contributed by atoms with Gasteiger partial charge < -0.3 is 5.11 Å². The Labute approximate surface area is 106 Å². The summed E-state index contributed by atoms with van der Waals surface area (Å²) in [6.45, 7) is 5.86. The molecule has 1 N–H and O–H groups in total. The van der Waals surface area contributed by atoms with Gasteiger partial charge in [-0.05, 0) is 42.7 Å². The van der Waals surface area contributed by atoms with Crippen LogP contribution in [0.1, 0.15) is 29.4 Å². The molecule has 2 aromatic rings. The van der Waals surface area contributed by atoms with Gasteiger partial charge in [-0.2, -0.15) is 4.80 Å². The second-order valence-corrected chi connectivity index (χ2v) is 4.94. The molecule has 1 heterocycles. The third-order valence-electron chi connectivity index (χ3n) is 3.18. The lowest BCUT2D eigenvalue weighted by Crippen LogP contribution is -2.25. The Bertz CT molecular complexity index is 560. The summed E-state index contributed by atoms with van der Waals surface area (Å²) in [6.07, 6.45) is 0.351. The van der Waals surface area contributed by atoms with Crippen molar-refractivity contribution < 1.29 is 5.11 Å². The molecule has 0 spiro atoms. The number of nitrogens with zero attached hydrogens (tertiary/aromatic N) is 4. The highest BCUT2D eigenvalue weighted by molar-refractivity contribution is 5.33. The van der Waals surface area contributed by atoms with Gasteiger partial charge in [0, 0.05) is 6.42 Å². The molecular weight excluding hydrogens is 228 g/mol. The zero-order chi connectivity index (χ0) is 13.3. The van der Waals surface area contributed by atoms with Gasteiger partial charge in [-0.25, -0.2) is 0 Å². The zero-order valence-corrected chi connectivity index (χ0v) is 11.2. The summed E-state index contributed by atoms with van der Waals surface area (Å²) >= 11 is 0. The van der Waals surface area contributed by atoms with E-state index in [9.17, 15) is 5.11 Å². The molecule has 2 rings (SSSR count). The van der Waals surface area contributed by atoms with Gasteiger partial charge in [-0.1, -0.05) is 18.2 Å². The Morgan fingerprint density at radius 1 is 1.28 bits per heavy atom.